The van der Waals surface area contributed by atoms with Gasteiger partial charge in [0.15, 0.2) is 0 Å². The number of para-hydroxylation sites is 1. The minimum Gasteiger partial charge on any atom is -0.378 e. The Morgan fingerprint density at radius 1 is 1.17 bits per heavy atom. The van der Waals surface area contributed by atoms with Gasteiger partial charge in [0.2, 0.25) is 0 Å². The van der Waals surface area contributed by atoms with Crippen LogP contribution in [0.15, 0.2) is 79.1 Å². The van der Waals surface area contributed by atoms with Gasteiger partial charge in [-0.1, -0.05) is 47.1 Å². The van der Waals surface area contributed by atoms with Crippen LogP contribution in [0.25, 0.3) is 10.9 Å². The van der Waals surface area contributed by atoms with E-state index >= 15 is 0 Å². The van der Waals surface area contributed by atoms with Gasteiger partial charge in [0.1, 0.15) is 25.4 Å². The Morgan fingerprint density at radius 2 is 1.93 bits per heavy atom. The topological polar surface area (TPSA) is 94.7 Å². The molecule has 2 radical (unpaired) electrons. The second-order valence-electron chi connectivity index (χ2n) is 9.96. The molecule has 0 amide bonds. The van der Waals surface area contributed by atoms with Crippen LogP contribution in [0.3, 0.4) is 0 Å². The fourth-order valence-corrected chi connectivity index (χ4v) is 5.07. The number of fused-ring (bicyclic) bond motifs is 1. The van der Waals surface area contributed by atoms with Crippen LogP contribution < -0.4 is 15.8 Å². The fraction of sp³-hybridized carbons (Fsp3) is 0.200. The molecule has 202 valence electrons. The van der Waals surface area contributed by atoms with Crippen molar-refractivity contribution in [2.75, 3.05) is 22.3 Å². The number of anilines is 3. The monoisotopic (exact) mass is 562 g/mol. The summed E-state index contributed by atoms with van der Waals surface area (Å²) in [6.45, 7) is 2.63. The van der Waals surface area contributed by atoms with Crippen LogP contribution in [0.5, 0.6) is 0 Å². The van der Waals surface area contributed by atoms with Gasteiger partial charge in [-0.25, -0.2) is 9.07 Å². The maximum Gasteiger partial charge on any atom is 0.123 e. The van der Waals surface area contributed by atoms with Crippen LogP contribution in [-0.2, 0) is 5.44 Å². The van der Waals surface area contributed by atoms with Crippen LogP contribution in [0.4, 0.5) is 21.5 Å². The molecule has 1 atom stereocenters. The van der Waals surface area contributed by atoms with E-state index < -0.39 is 5.44 Å². The SMILES string of the molecule is [B]C(Nc1cc(Cl)c2ncc(C#N)c(NN(CC)c3ccccc3)c2c1)(c1ccc(F)cc1)c1cn(C2CC2)nn1. The number of halogens is 2. The highest BCUT2D eigenvalue weighted by Crippen LogP contribution is 2.38. The number of nitrogens with one attached hydrogen (secondary N) is 2. The Bertz CT molecular complexity index is 1750. The molecule has 0 spiro atoms. The maximum absolute atomic E-state index is 13.9. The lowest BCUT2D eigenvalue weighted by Crippen LogP contribution is -2.38. The predicted octanol–water partition coefficient (Wildman–Crippen LogP) is 6.16. The van der Waals surface area contributed by atoms with Gasteiger partial charge in [0, 0.05) is 23.8 Å². The summed E-state index contributed by atoms with van der Waals surface area (Å²) >= 11 is 6.76. The van der Waals surface area contributed by atoms with Crippen molar-refractivity contribution in [1.29, 1.82) is 5.26 Å². The molecular formula is C30H25BClFN8. The highest BCUT2D eigenvalue weighted by Gasteiger charge is 2.34. The van der Waals surface area contributed by atoms with Gasteiger partial charge < -0.3 is 5.32 Å². The molecule has 0 aliphatic heterocycles. The van der Waals surface area contributed by atoms with Crippen molar-refractivity contribution in [3.63, 3.8) is 0 Å². The summed E-state index contributed by atoms with van der Waals surface area (Å²) < 4.78 is 15.7. The number of nitrogens with zero attached hydrogens (tertiary/aromatic N) is 6. The van der Waals surface area contributed by atoms with Gasteiger partial charge in [-0.3, -0.25) is 15.4 Å². The largest absolute Gasteiger partial charge is 0.378 e. The molecule has 6 rings (SSSR count). The maximum atomic E-state index is 13.9. The van der Waals surface area contributed by atoms with E-state index in [-0.39, 0.29) is 5.82 Å². The first-order valence-corrected chi connectivity index (χ1v) is 13.6. The molecule has 11 heteroatoms. The van der Waals surface area contributed by atoms with E-state index in [2.05, 4.69) is 32.1 Å². The molecule has 0 saturated heterocycles. The first-order chi connectivity index (χ1) is 19.9. The lowest BCUT2D eigenvalue weighted by atomic mass is 9.69. The Kier molecular flexibility index (Phi) is 6.97. The summed E-state index contributed by atoms with van der Waals surface area (Å²) in [5, 5.41) is 24.9. The highest BCUT2D eigenvalue weighted by atomic mass is 35.5. The zero-order valence-electron chi connectivity index (χ0n) is 22.2. The smallest absolute Gasteiger partial charge is 0.123 e. The molecular weight excluding hydrogens is 538 g/mol. The third-order valence-electron chi connectivity index (χ3n) is 7.15. The number of hydrazine groups is 1. The Hall–Kier alpha value is -4.62. The number of rotatable bonds is 9. The molecule has 1 saturated carbocycles. The normalized spacial score (nSPS) is 14.3. The van der Waals surface area contributed by atoms with Crippen molar-refractivity contribution in [2.24, 2.45) is 0 Å². The Labute approximate surface area is 243 Å². The Morgan fingerprint density at radius 3 is 2.61 bits per heavy atom. The minimum atomic E-state index is -1.37. The van der Waals surface area contributed by atoms with Gasteiger partial charge in [-0.2, -0.15) is 5.26 Å². The van der Waals surface area contributed by atoms with Crippen LogP contribution in [-0.4, -0.2) is 34.4 Å². The average Bonchev–Trinajstić information content (AvgIpc) is 3.72. The van der Waals surface area contributed by atoms with E-state index in [9.17, 15) is 9.65 Å². The van der Waals surface area contributed by atoms with E-state index in [1.54, 1.807) is 18.2 Å². The second-order valence-corrected chi connectivity index (χ2v) is 10.4. The molecule has 1 unspecified atom stereocenters. The van der Waals surface area contributed by atoms with Gasteiger partial charge >= 0.3 is 0 Å². The molecule has 1 fully saturated rings. The zero-order chi connectivity index (χ0) is 28.6. The van der Waals surface area contributed by atoms with Gasteiger partial charge in [-0.05, 0) is 61.7 Å². The third-order valence-corrected chi connectivity index (χ3v) is 7.44. The standard InChI is InChI=1S/C30H25BClFN8/c1-2-40(23-6-4-3-5-7-23)38-28-19(16-34)17-35-29-25(28)14-22(15-26(29)32)36-30(31,20-8-10-21(33)11-9-20)27-18-41(39-37-27)24-12-13-24/h3-11,14-15,17-18,24,36H,2,12-13H2,1H3,(H,35,38). The average molecular weight is 563 g/mol. The lowest BCUT2D eigenvalue weighted by Gasteiger charge is -2.32. The van der Waals surface area contributed by atoms with Crippen molar-refractivity contribution in [3.8, 4) is 6.07 Å². The number of pyridine rings is 1. The number of benzene rings is 3. The summed E-state index contributed by atoms with van der Waals surface area (Å²) in [5.74, 6) is -0.379. The molecule has 3 aromatic carbocycles. The highest BCUT2D eigenvalue weighted by molar-refractivity contribution is 6.36. The number of nitriles is 1. The first kappa shape index (κ1) is 26.6. The van der Waals surface area contributed by atoms with E-state index in [4.69, 9.17) is 19.4 Å². The molecule has 8 nitrogen and oxygen atoms in total. The van der Waals surface area contributed by atoms with Crippen LogP contribution >= 0.6 is 11.6 Å². The van der Waals surface area contributed by atoms with Crippen LogP contribution in [0, 0.1) is 17.1 Å². The number of hydrogen-bond donors (Lipinski definition) is 2. The van der Waals surface area contributed by atoms with Gasteiger partial charge in [0.05, 0.1) is 45.2 Å². The summed E-state index contributed by atoms with van der Waals surface area (Å²) in [6.07, 6.45) is 5.39. The Balaban J connectivity index is 1.46. The molecule has 1 aliphatic rings. The van der Waals surface area contributed by atoms with Crippen molar-refractivity contribution >= 4 is 47.4 Å². The van der Waals surface area contributed by atoms with Crippen LogP contribution in [0.2, 0.25) is 5.02 Å². The molecule has 0 bridgehead atoms. The quantitative estimate of drug-likeness (QED) is 0.164. The van der Waals surface area contributed by atoms with E-state index in [1.165, 1.54) is 18.3 Å². The predicted molar refractivity (Wildman–Crippen MR) is 159 cm³/mol. The number of hydrogen-bond acceptors (Lipinski definition) is 7. The molecule has 2 heterocycles. The van der Waals surface area contributed by atoms with E-state index in [0.717, 1.165) is 18.5 Å². The molecule has 2 N–H and O–H groups in total. The fourth-order valence-electron chi connectivity index (χ4n) is 4.81. The summed E-state index contributed by atoms with van der Waals surface area (Å²) in [7, 11) is 7.04. The summed E-state index contributed by atoms with van der Waals surface area (Å²) in [5.41, 5.74) is 6.00. The van der Waals surface area contributed by atoms with Crippen molar-refractivity contribution in [2.45, 2.75) is 31.2 Å². The third kappa shape index (κ3) is 5.16. The zero-order valence-corrected chi connectivity index (χ0v) is 23.0. The van der Waals surface area contributed by atoms with Crippen molar-refractivity contribution in [1.82, 2.24) is 20.0 Å². The van der Waals surface area contributed by atoms with Gasteiger partial charge in [0.25, 0.3) is 0 Å². The van der Waals surface area contributed by atoms with Crippen LogP contribution in [0.1, 0.15) is 42.6 Å². The first-order valence-electron chi connectivity index (χ1n) is 13.3. The van der Waals surface area contributed by atoms with E-state index in [1.807, 2.05) is 59.2 Å². The summed E-state index contributed by atoms with van der Waals surface area (Å²) in [4.78, 5) is 4.47. The summed E-state index contributed by atoms with van der Waals surface area (Å²) in [6, 6.07) is 21.8. The minimum absolute atomic E-state index is 0.305. The molecule has 5 aromatic rings. The van der Waals surface area contributed by atoms with Crippen molar-refractivity contribution < 1.29 is 4.39 Å². The molecule has 41 heavy (non-hydrogen) atoms. The van der Waals surface area contributed by atoms with Gasteiger partial charge in [-0.15, -0.1) is 5.10 Å². The molecule has 1 aliphatic carbocycles. The second kappa shape index (κ2) is 10.7. The lowest BCUT2D eigenvalue weighted by molar-refractivity contribution is 0.610. The number of aromatic nitrogens is 4. The van der Waals surface area contributed by atoms with E-state index in [0.29, 0.717) is 56.7 Å². The molecule has 2 aromatic heterocycles. The van der Waals surface area contributed by atoms with Crippen molar-refractivity contribution in [3.05, 3.63) is 107 Å².